The summed E-state index contributed by atoms with van der Waals surface area (Å²) >= 11 is 0. The molecule has 0 saturated carbocycles. The third-order valence-corrected chi connectivity index (χ3v) is 2.08. The van der Waals surface area contributed by atoms with E-state index in [9.17, 15) is 8.78 Å². The predicted molar refractivity (Wildman–Crippen MR) is 54.3 cm³/mol. The van der Waals surface area contributed by atoms with Crippen molar-refractivity contribution in [1.29, 1.82) is 0 Å². The van der Waals surface area contributed by atoms with Crippen molar-refractivity contribution in [3.8, 4) is 0 Å². The number of hydrogen-bond acceptors (Lipinski definition) is 0. The highest BCUT2D eigenvalue weighted by atomic mass is 19.2. The number of halogens is 2. The van der Waals surface area contributed by atoms with E-state index < -0.39 is 11.6 Å². The van der Waals surface area contributed by atoms with Gasteiger partial charge in [-0.3, -0.25) is 0 Å². The molecule has 0 aromatic heterocycles. The van der Waals surface area contributed by atoms with E-state index in [0.29, 0.717) is 17.5 Å². The first-order valence-corrected chi connectivity index (χ1v) is 4.75. The summed E-state index contributed by atoms with van der Waals surface area (Å²) in [5.41, 5.74) is 0.795. The van der Waals surface area contributed by atoms with Crippen molar-refractivity contribution >= 4 is 0 Å². The van der Waals surface area contributed by atoms with Gasteiger partial charge in [-0.25, -0.2) is 8.78 Å². The Bertz CT molecular complexity index is 335. The summed E-state index contributed by atoms with van der Waals surface area (Å²) in [4.78, 5) is 0. The predicted octanol–water partition coefficient (Wildman–Crippen LogP) is 3.86. The van der Waals surface area contributed by atoms with Crippen molar-refractivity contribution in [2.75, 3.05) is 0 Å². The van der Waals surface area contributed by atoms with Gasteiger partial charge in [-0.2, -0.15) is 0 Å². The first kappa shape index (κ1) is 11.2. The Morgan fingerprint density at radius 2 is 1.64 bits per heavy atom. The molecular formula is C12H16F2. The van der Waals surface area contributed by atoms with Gasteiger partial charge >= 0.3 is 0 Å². The molecule has 0 aliphatic heterocycles. The van der Waals surface area contributed by atoms with Crippen LogP contribution in [0.5, 0.6) is 0 Å². The smallest absolute Gasteiger partial charge is 0.162 e. The molecule has 0 aliphatic rings. The van der Waals surface area contributed by atoms with E-state index in [1.54, 1.807) is 19.1 Å². The second-order valence-electron chi connectivity index (χ2n) is 4.91. The van der Waals surface area contributed by atoms with Crippen LogP contribution in [0.3, 0.4) is 0 Å². The van der Waals surface area contributed by atoms with Crippen LogP contribution in [0, 0.1) is 24.0 Å². The molecule has 0 heterocycles. The molecule has 0 bridgehead atoms. The number of aryl methyl sites for hydroxylation is 1. The Balaban J connectivity index is 3.06. The van der Waals surface area contributed by atoms with Crippen LogP contribution in [-0.4, -0.2) is 0 Å². The van der Waals surface area contributed by atoms with Gasteiger partial charge in [-0.15, -0.1) is 0 Å². The molecule has 78 valence electrons. The molecule has 1 aromatic rings. The lowest BCUT2D eigenvalue weighted by Gasteiger charge is -2.18. The monoisotopic (exact) mass is 198 g/mol. The summed E-state index contributed by atoms with van der Waals surface area (Å²) in [5.74, 6) is -1.41. The first-order valence-electron chi connectivity index (χ1n) is 4.75. The number of hydrogen-bond donors (Lipinski definition) is 0. The van der Waals surface area contributed by atoms with Gasteiger partial charge in [0.15, 0.2) is 11.6 Å². The molecular weight excluding hydrogens is 182 g/mol. The molecule has 0 amide bonds. The summed E-state index contributed by atoms with van der Waals surface area (Å²) in [6.07, 6.45) is 0.552. The second-order valence-corrected chi connectivity index (χ2v) is 4.91. The van der Waals surface area contributed by atoms with Gasteiger partial charge < -0.3 is 0 Å². The third kappa shape index (κ3) is 2.53. The van der Waals surface area contributed by atoms with E-state index in [-0.39, 0.29) is 5.41 Å². The summed E-state index contributed by atoms with van der Waals surface area (Å²) in [6.45, 7) is 7.58. The van der Waals surface area contributed by atoms with Crippen LogP contribution < -0.4 is 0 Å². The van der Waals surface area contributed by atoms with E-state index in [1.165, 1.54) is 0 Å². The highest BCUT2D eigenvalue weighted by Gasteiger charge is 2.17. The Labute approximate surface area is 84.0 Å². The molecule has 0 spiro atoms. The SMILES string of the molecule is Cc1ccc(CC(C)(C)C)c(F)c1F. The molecule has 2 heteroatoms. The normalized spacial score (nSPS) is 11.9. The summed E-state index contributed by atoms with van der Waals surface area (Å²) in [5, 5.41) is 0. The van der Waals surface area contributed by atoms with Gasteiger partial charge in [0.05, 0.1) is 0 Å². The lowest BCUT2D eigenvalue weighted by Crippen LogP contribution is -2.11. The lowest BCUT2D eigenvalue weighted by molar-refractivity contribution is 0.395. The van der Waals surface area contributed by atoms with Crippen molar-refractivity contribution < 1.29 is 8.78 Å². The van der Waals surface area contributed by atoms with Crippen LogP contribution in [0.25, 0.3) is 0 Å². The van der Waals surface area contributed by atoms with E-state index in [0.717, 1.165) is 0 Å². The topological polar surface area (TPSA) is 0 Å². The van der Waals surface area contributed by atoms with Gasteiger partial charge in [0.2, 0.25) is 0 Å². The van der Waals surface area contributed by atoms with E-state index >= 15 is 0 Å². The molecule has 0 N–H and O–H groups in total. The zero-order valence-electron chi connectivity index (χ0n) is 9.12. The molecule has 0 atom stereocenters. The number of benzene rings is 1. The minimum absolute atomic E-state index is 0.0253. The maximum absolute atomic E-state index is 13.4. The van der Waals surface area contributed by atoms with Gasteiger partial charge in [0, 0.05) is 0 Å². The van der Waals surface area contributed by atoms with Crippen LogP contribution in [-0.2, 0) is 6.42 Å². The molecule has 0 saturated heterocycles. The maximum Gasteiger partial charge on any atom is 0.162 e. The van der Waals surface area contributed by atoms with Gasteiger partial charge in [0.1, 0.15) is 0 Å². The van der Waals surface area contributed by atoms with E-state index in [1.807, 2.05) is 20.8 Å². The second kappa shape index (κ2) is 3.68. The molecule has 14 heavy (non-hydrogen) atoms. The Morgan fingerprint density at radius 3 is 2.14 bits per heavy atom. The van der Waals surface area contributed by atoms with Gasteiger partial charge in [-0.05, 0) is 29.9 Å². The highest BCUT2D eigenvalue weighted by molar-refractivity contribution is 5.26. The number of rotatable bonds is 1. The quantitative estimate of drug-likeness (QED) is 0.642. The van der Waals surface area contributed by atoms with Crippen molar-refractivity contribution in [3.05, 3.63) is 34.9 Å². The van der Waals surface area contributed by atoms with Crippen molar-refractivity contribution in [1.82, 2.24) is 0 Å². The first-order chi connectivity index (χ1) is 6.31. The van der Waals surface area contributed by atoms with Crippen LogP contribution in [0.15, 0.2) is 12.1 Å². The molecule has 1 rings (SSSR count). The summed E-state index contributed by atoms with van der Waals surface area (Å²) in [6, 6.07) is 3.29. The fraction of sp³-hybridized carbons (Fsp3) is 0.500. The Kier molecular flexibility index (Phi) is 2.93. The van der Waals surface area contributed by atoms with Crippen molar-refractivity contribution in [2.45, 2.75) is 34.1 Å². The average Bonchev–Trinajstić information content (AvgIpc) is 2.04. The molecule has 0 nitrogen and oxygen atoms in total. The highest BCUT2D eigenvalue weighted by Crippen LogP contribution is 2.24. The largest absolute Gasteiger partial charge is 0.203 e. The molecule has 1 aromatic carbocycles. The maximum atomic E-state index is 13.4. The van der Waals surface area contributed by atoms with Crippen LogP contribution in [0.1, 0.15) is 31.9 Å². The Morgan fingerprint density at radius 1 is 1.07 bits per heavy atom. The molecule has 0 radical (unpaired) electrons. The summed E-state index contributed by atoms with van der Waals surface area (Å²) < 4.78 is 26.6. The minimum atomic E-state index is -0.716. The standard InChI is InChI=1S/C12H16F2/c1-8-5-6-9(7-12(2,3)4)11(14)10(8)13/h5-6H,7H2,1-4H3. The van der Waals surface area contributed by atoms with Crippen molar-refractivity contribution in [2.24, 2.45) is 5.41 Å². The Hall–Kier alpha value is -0.920. The fourth-order valence-electron chi connectivity index (χ4n) is 1.39. The van der Waals surface area contributed by atoms with Crippen LogP contribution >= 0.6 is 0 Å². The van der Waals surface area contributed by atoms with Crippen LogP contribution in [0.2, 0.25) is 0 Å². The molecule has 0 fully saturated rings. The lowest BCUT2D eigenvalue weighted by atomic mass is 9.87. The minimum Gasteiger partial charge on any atom is -0.203 e. The van der Waals surface area contributed by atoms with Gasteiger partial charge in [0.25, 0.3) is 0 Å². The zero-order valence-corrected chi connectivity index (χ0v) is 9.12. The van der Waals surface area contributed by atoms with Crippen LogP contribution in [0.4, 0.5) is 8.78 Å². The third-order valence-electron chi connectivity index (χ3n) is 2.08. The van der Waals surface area contributed by atoms with E-state index in [2.05, 4.69) is 0 Å². The summed E-state index contributed by atoms with van der Waals surface area (Å²) in [7, 11) is 0. The average molecular weight is 198 g/mol. The van der Waals surface area contributed by atoms with E-state index in [4.69, 9.17) is 0 Å². The molecule has 0 aliphatic carbocycles. The fourth-order valence-corrected chi connectivity index (χ4v) is 1.39. The zero-order chi connectivity index (χ0) is 10.9. The van der Waals surface area contributed by atoms with Gasteiger partial charge in [-0.1, -0.05) is 32.9 Å². The molecule has 0 unspecified atom stereocenters. The van der Waals surface area contributed by atoms with Crippen molar-refractivity contribution in [3.63, 3.8) is 0 Å².